The number of amides is 5. The van der Waals surface area contributed by atoms with Gasteiger partial charge in [-0.05, 0) is 97.1 Å². The second-order valence-electron chi connectivity index (χ2n) is 17.8. The maximum atomic E-state index is 13.9. The van der Waals surface area contributed by atoms with Gasteiger partial charge in [0, 0.05) is 74.6 Å². The number of benzene rings is 1. The minimum atomic E-state index is -0.605. The van der Waals surface area contributed by atoms with Crippen molar-refractivity contribution in [1.29, 1.82) is 0 Å². The van der Waals surface area contributed by atoms with E-state index in [-0.39, 0.29) is 67.4 Å². The Morgan fingerprint density at radius 2 is 1.71 bits per heavy atom. The molecule has 0 aliphatic heterocycles. The molecular formula is C46H71N9O8S2. The lowest BCUT2D eigenvalue weighted by molar-refractivity contribution is -0.126. The van der Waals surface area contributed by atoms with Crippen LogP contribution >= 0.6 is 23.1 Å². The molecule has 1 unspecified atom stereocenters. The van der Waals surface area contributed by atoms with Crippen molar-refractivity contribution in [3.63, 3.8) is 0 Å². The maximum absolute atomic E-state index is 13.9. The molecule has 0 radical (unpaired) electrons. The number of ether oxygens (including phenoxy) is 1. The fourth-order valence-electron chi connectivity index (χ4n) is 7.62. The molecule has 65 heavy (non-hydrogen) atoms. The number of fused-ring (bicyclic) bond motifs is 1. The molecule has 1 aromatic carbocycles. The van der Waals surface area contributed by atoms with E-state index in [1.165, 1.54) is 33.7 Å². The van der Waals surface area contributed by atoms with Crippen LogP contribution in [0.4, 0.5) is 5.13 Å². The average molecular weight is 942 g/mol. The number of aromatic nitrogens is 2. The fraction of sp³-hybridized carbons (Fsp3) is 0.609. The molecule has 5 amide bonds. The summed E-state index contributed by atoms with van der Waals surface area (Å²) in [5.41, 5.74) is 11.7. The van der Waals surface area contributed by atoms with E-state index >= 15 is 0 Å². The first-order valence-corrected chi connectivity index (χ1v) is 24.6. The summed E-state index contributed by atoms with van der Waals surface area (Å²) in [5.74, 6) is -0.930. The van der Waals surface area contributed by atoms with Crippen molar-refractivity contribution in [2.45, 2.75) is 140 Å². The van der Waals surface area contributed by atoms with Crippen LogP contribution in [0.25, 0.3) is 0 Å². The van der Waals surface area contributed by atoms with Gasteiger partial charge in [-0.15, -0.1) is 23.1 Å². The first-order valence-electron chi connectivity index (χ1n) is 22.8. The molecule has 0 saturated heterocycles. The van der Waals surface area contributed by atoms with Gasteiger partial charge in [0.25, 0.3) is 11.8 Å². The third-order valence-electron chi connectivity index (χ3n) is 11.3. The molecule has 19 heteroatoms. The molecule has 360 valence electrons. The number of carbonyl (C=O) groups excluding carboxylic acids is 5. The van der Waals surface area contributed by atoms with Crippen LogP contribution in [0.15, 0.2) is 35.2 Å². The van der Waals surface area contributed by atoms with Crippen LogP contribution < -0.4 is 32.7 Å². The van der Waals surface area contributed by atoms with E-state index in [1.54, 1.807) is 24.3 Å². The number of nitrogens with two attached hydrogens (primary N) is 2. The van der Waals surface area contributed by atoms with E-state index in [0.29, 0.717) is 60.2 Å². The van der Waals surface area contributed by atoms with Gasteiger partial charge in [0.15, 0.2) is 11.0 Å². The zero-order valence-electron chi connectivity index (χ0n) is 38.8. The highest BCUT2D eigenvalue weighted by atomic mass is 32.2. The van der Waals surface area contributed by atoms with E-state index in [4.69, 9.17) is 16.2 Å². The van der Waals surface area contributed by atoms with Crippen LogP contribution in [0.2, 0.25) is 0 Å². The van der Waals surface area contributed by atoms with Gasteiger partial charge in [-0.1, -0.05) is 31.9 Å². The lowest BCUT2D eigenvalue weighted by atomic mass is 9.94. The summed E-state index contributed by atoms with van der Waals surface area (Å²) >= 11 is 2.96. The zero-order chi connectivity index (χ0) is 47.6. The summed E-state index contributed by atoms with van der Waals surface area (Å²) in [4.78, 5) is 70.9. The van der Waals surface area contributed by atoms with E-state index in [1.807, 2.05) is 32.6 Å². The second-order valence-corrected chi connectivity index (χ2v) is 20.0. The molecule has 1 aliphatic carbocycles. The van der Waals surface area contributed by atoms with Gasteiger partial charge in [-0.3, -0.25) is 28.5 Å². The highest BCUT2D eigenvalue weighted by molar-refractivity contribution is 7.99. The number of nitrogens with one attached hydrogen (secondary N) is 4. The predicted octanol–water partition coefficient (Wildman–Crippen LogP) is 4.87. The highest BCUT2D eigenvalue weighted by Crippen LogP contribution is 2.36. The predicted molar refractivity (Wildman–Crippen MR) is 255 cm³/mol. The summed E-state index contributed by atoms with van der Waals surface area (Å²) < 4.78 is 7.33. The van der Waals surface area contributed by atoms with Crippen LogP contribution in [0, 0.1) is 0 Å². The normalized spacial score (nSPS) is 13.8. The molecular weight excluding hydrogens is 871 g/mol. The van der Waals surface area contributed by atoms with Gasteiger partial charge >= 0.3 is 0 Å². The SMILES string of the molecule is CCCN(C(=O)c1ccccc1C(=O)NCCNCCCCCCSc1cc(O)n(CCC(=O)NC(C)(C)CCOC(C)(C)CCC(=O)NCC(N)=O)c1O)C1CCc2nc(N)sc2C1. The number of unbranched alkanes of at least 4 members (excludes halogenated alkanes) is 3. The fourth-order valence-corrected chi connectivity index (χ4v) is 9.56. The number of anilines is 1. The van der Waals surface area contributed by atoms with E-state index in [2.05, 4.69) is 33.2 Å². The van der Waals surface area contributed by atoms with Crippen molar-refractivity contribution in [3.05, 3.63) is 52.0 Å². The van der Waals surface area contributed by atoms with Gasteiger partial charge in [0.2, 0.25) is 23.6 Å². The third kappa shape index (κ3) is 17.5. The molecule has 3 aromatic rings. The zero-order valence-corrected chi connectivity index (χ0v) is 40.4. The molecule has 17 nitrogen and oxygen atoms in total. The first-order chi connectivity index (χ1) is 30.9. The monoisotopic (exact) mass is 941 g/mol. The summed E-state index contributed by atoms with van der Waals surface area (Å²) in [6, 6.07) is 8.58. The van der Waals surface area contributed by atoms with Crippen molar-refractivity contribution in [2.24, 2.45) is 5.73 Å². The Balaban J connectivity index is 1.07. The van der Waals surface area contributed by atoms with E-state index in [9.17, 15) is 34.2 Å². The number of nitrogen functional groups attached to an aromatic ring is 1. The summed E-state index contributed by atoms with van der Waals surface area (Å²) in [7, 11) is 0. The van der Waals surface area contributed by atoms with Gasteiger partial charge in [-0.25, -0.2) is 4.98 Å². The number of nitrogens with zero attached hydrogens (tertiary/aromatic N) is 3. The standard InChI is InChI=1S/C46H71N9O8S2/c1-6-24-54(31-15-16-34-35(28-31)65-44(48)52-34)42(61)33-14-10-9-13-32(33)41(60)50-23-22-49-21-11-7-8-12-27-64-36-29-40(59)55(43(36)62)25-18-39(58)53-45(2,3)20-26-63-46(4,5)19-17-38(57)51-30-37(47)56/h9-10,13-14,29,31,49,59,62H,6-8,11-12,15-28,30H2,1-5H3,(H2,47,56)(H2,48,52)(H,50,60)(H,51,57)(H,53,58). The van der Waals surface area contributed by atoms with Crippen LogP contribution in [0.5, 0.6) is 11.8 Å². The number of rotatable bonds is 29. The average Bonchev–Trinajstić information content (AvgIpc) is 3.76. The lowest BCUT2D eigenvalue weighted by Crippen LogP contribution is -2.45. The Morgan fingerprint density at radius 3 is 2.45 bits per heavy atom. The Morgan fingerprint density at radius 1 is 0.969 bits per heavy atom. The molecule has 2 heterocycles. The van der Waals surface area contributed by atoms with Crippen LogP contribution in [0.1, 0.15) is 130 Å². The third-order valence-corrected chi connectivity index (χ3v) is 13.3. The summed E-state index contributed by atoms with van der Waals surface area (Å²) in [6.45, 7) is 12.3. The number of hydrogen-bond donors (Lipinski definition) is 8. The van der Waals surface area contributed by atoms with Crippen molar-refractivity contribution in [2.75, 3.05) is 50.8 Å². The number of primary amides is 1. The maximum Gasteiger partial charge on any atom is 0.254 e. The number of thiazole rings is 1. The minimum Gasteiger partial charge on any atom is -0.494 e. The van der Waals surface area contributed by atoms with Crippen molar-refractivity contribution >= 4 is 57.8 Å². The molecule has 1 atom stereocenters. The largest absolute Gasteiger partial charge is 0.494 e. The molecule has 0 saturated carbocycles. The molecule has 0 bridgehead atoms. The summed E-state index contributed by atoms with van der Waals surface area (Å²) in [6.07, 6.45) is 8.21. The molecule has 4 rings (SSSR count). The van der Waals surface area contributed by atoms with Gasteiger partial charge < -0.3 is 52.6 Å². The van der Waals surface area contributed by atoms with Gasteiger partial charge in [0.1, 0.15) is 0 Å². The summed E-state index contributed by atoms with van der Waals surface area (Å²) in [5, 5.41) is 33.7. The van der Waals surface area contributed by atoms with Crippen molar-refractivity contribution in [1.82, 2.24) is 35.7 Å². The molecule has 0 spiro atoms. The number of aromatic hydroxyl groups is 2. The van der Waals surface area contributed by atoms with E-state index < -0.39 is 17.0 Å². The van der Waals surface area contributed by atoms with Gasteiger partial charge in [0.05, 0.1) is 33.9 Å². The van der Waals surface area contributed by atoms with Crippen molar-refractivity contribution < 1.29 is 38.9 Å². The quantitative estimate of drug-likeness (QED) is 0.0343. The number of hydrogen-bond acceptors (Lipinski definition) is 13. The second kappa shape index (κ2) is 25.7. The number of carbonyl (C=O) groups is 5. The van der Waals surface area contributed by atoms with E-state index in [0.717, 1.165) is 74.2 Å². The first kappa shape index (κ1) is 52.8. The Bertz CT molecular complexity index is 2050. The Labute approximate surface area is 391 Å². The lowest BCUT2D eigenvalue weighted by Gasteiger charge is -2.34. The topological polar surface area (TPSA) is 256 Å². The highest BCUT2D eigenvalue weighted by Gasteiger charge is 2.32. The Hall–Kier alpha value is -4.85. The molecule has 2 aromatic heterocycles. The smallest absolute Gasteiger partial charge is 0.254 e. The molecule has 1 aliphatic rings. The van der Waals surface area contributed by atoms with Crippen LogP contribution in [-0.4, -0.2) is 116 Å². The Kier molecular flexibility index (Phi) is 20.9. The van der Waals surface area contributed by atoms with Crippen molar-refractivity contribution in [3.8, 4) is 11.8 Å². The molecule has 0 fully saturated rings. The van der Waals surface area contributed by atoms with Crippen LogP contribution in [0.3, 0.4) is 0 Å². The number of thioether (sulfide) groups is 1. The molecule has 10 N–H and O–H groups in total. The van der Waals surface area contributed by atoms with Gasteiger partial charge in [-0.2, -0.15) is 0 Å². The van der Waals surface area contributed by atoms with Crippen LogP contribution in [-0.2, 0) is 38.5 Å². The number of aryl methyl sites for hydroxylation is 1. The minimum absolute atomic E-state index is 0.0288.